The second-order valence-electron chi connectivity index (χ2n) is 6.07. The summed E-state index contributed by atoms with van der Waals surface area (Å²) in [6.07, 6.45) is 9.80. The predicted molar refractivity (Wildman–Crippen MR) is 74.3 cm³/mol. The molecule has 0 amide bonds. The van der Waals surface area contributed by atoms with E-state index in [0.717, 1.165) is 18.0 Å². The highest BCUT2D eigenvalue weighted by atomic mass is 15.2. The molecule has 0 aromatic carbocycles. The minimum absolute atomic E-state index is 0.735. The van der Waals surface area contributed by atoms with Gasteiger partial charge in [-0.25, -0.2) is 0 Å². The third-order valence-electron chi connectivity index (χ3n) is 4.03. The summed E-state index contributed by atoms with van der Waals surface area (Å²) in [4.78, 5) is 2.79. The average molecular weight is 238 g/mol. The van der Waals surface area contributed by atoms with E-state index in [-0.39, 0.29) is 0 Å². The van der Waals surface area contributed by atoms with Crippen molar-refractivity contribution in [1.29, 1.82) is 0 Å². The fraction of sp³-hybridized carbons (Fsp3) is 1.00. The van der Waals surface area contributed by atoms with Crippen molar-refractivity contribution in [3.05, 3.63) is 0 Å². The molecule has 17 heavy (non-hydrogen) atoms. The van der Waals surface area contributed by atoms with Crippen molar-refractivity contribution < 1.29 is 0 Å². The van der Waals surface area contributed by atoms with Gasteiger partial charge in [-0.1, -0.05) is 20.3 Å². The Hall–Kier alpha value is -0.0800. The number of nitrogens with one attached hydrogen (secondary N) is 1. The van der Waals surface area contributed by atoms with Crippen molar-refractivity contribution in [1.82, 2.24) is 10.2 Å². The topological polar surface area (TPSA) is 15.3 Å². The van der Waals surface area contributed by atoms with E-state index in [1.165, 1.54) is 64.6 Å². The SMILES string of the molecule is CCCNC(CCC)CN(CC1CC1)C1CC1. The molecule has 0 aromatic heterocycles. The summed E-state index contributed by atoms with van der Waals surface area (Å²) in [5.41, 5.74) is 0. The molecule has 2 aliphatic carbocycles. The summed E-state index contributed by atoms with van der Waals surface area (Å²) in [6, 6.07) is 1.68. The molecule has 0 aromatic rings. The molecule has 0 bridgehead atoms. The van der Waals surface area contributed by atoms with E-state index < -0.39 is 0 Å². The molecule has 100 valence electrons. The molecular weight excluding hydrogens is 208 g/mol. The van der Waals surface area contributed by atoms with Gasteiger partial charge in [0.2, 0.25) is 0 Å². The Morgan fingerprint density at radius 2 is 1.88 bits per heavy atom. The van der Waals surface area contributed by atoms with Gasteiger partial charge in [0.05, 0.1) is 0 Å². The van der Waals surface area contributed by atoms with Crippen LogP contribution in [0.5, 0.6) is 0 Å². The van der Waals surface area contributed by atoms with Crippen LogP contribution >= 0.6 is 0 Å². The summed E-state index contributed by atoms with van der Waals surface area (Å²) in [7, 11) is 0. The van der Waals surface area contributed by atoms with E-state index in [2.05, 4.69) is 24.1 Å². The number of hydrogen-bond donors (Lipinski definition) is 1. The number of rotatable bonds is 10. The molecule has 2 nitrogen and oxygen atoms in total. The standard InChI is InChI=1S/C15H30N2/c1-3-5-14(16-10-4-2)12-17(15-8-9-15)11-13-6-7-13/h13-16H,3-12H2,1-2H3. The quantitative estimate of drug-likeness (QED) is 0.629. The molecule has 2 saturated carbocycles. The molecule has 1 N–H and O–H groups in total. The zero-order valence-electron chi connectivity index (χ0n) is 11.8. The molecule has 2 aliphatic rings. The zero-order chi connectivity index (χ0) is 12.1. The van der Waals surface area contributed by atoms with Crippen LogP contribution in [-0.2, 0) is 0 Å². The first-order valence-electron chi connectivity index (χ1n) is 7.80. The van der Waals surface area contributed by atoms with E-state index in [0.29, 0.717) is 0 Å². The van der Waals surface area contributed by atoms with E-state index in [9.17, 15) is 0 Å². The second kappa shape index (κ2) is 6.75. The molecule has 0 radical (unpaired) electrons. The van der Waals surface area contributed by atoms with Crippen LogP contribution in [0.25, 0.3) is 0 Å². The summed E-state index contributed by atoms with van der Waals surface area (Å²) in [5, 5.41) is 3.74. The van der Waals surface area contributed by atoms with E-state index in [1.807, 2.05) is 0 Å². The fourth-order valence-electron chi connectivity index (χ4n) is 2.68. The molecule has 1 unspecified atom stereocenters. The highest BCUT2D eigenvalue weighted by Gasteiger charge is 2.34. The molecule has 0 saturated heterocycles. The van der Waals surface area contributed by atoms with Crippen LogP contribution in [-0.4, -0.2) is 36.6 Å². The first-order chi connectivity index (χ1) is 8.33. The Balaban J connectivity index is 1.74. The highest BCUT2D eigenvalue weighted by Crippen LogP contribution is 2.34. The zero-order valence-corrected chi connectivity index (χ0v) is 11.8. The molecule has 1 atom stereocenters. The lowest BCUT2D eigenvalue weighted by Gasteiger charge is -2.28. The molecule has 0 aliphatic heterocycles. The fourth-order valence-corrected chi connectivity index (χ4v) is 2.68. The third kappa shape index (κ3) is 4.97. The largest absolute Gasteiger partial charge is 0.313 e. The predicted octanol–water partition coefficient (Wildman–Crippen LogP) is 3.03. The van der Waals surface area contributed by atoms with Gasteiger partial charge in [-0.05, 0) is 51.0 Å². The van der Waals surface area contributed by atoms with Crippen molar-refractivity contribution in [2.75, 3.05) is 19.6 Å². The van der Waals surface area contributed by atoms with Crippen LogP contribution in [0.4, 0.5) is 0 Å². The average Bonchev–Trinajstić information content (AvgIpc) is 3.16. The lowest BCUT2D eigenvalue weighted by Crippen LogP contribution is -2.43. The monoisotopic (exact) mass is 238 g/mol. The summed E-state index contributed by atoms with van der Waals surface area (Å²) in [5.74, 6) is 1.05. The van der Waals surface area contributed by atoms with Gasteiger partial charge in [0.15, 0.2) is 0 Å². The Morgan fingerprint density at radius 1 is 1.12 bits per heavy atom. The maximum Gasteiger partial charge on any atom is 0.0195 e. The van der Waals surface area contributed by atoms with Gasteiger partial charge in [0, 0.05) is 25.2 Å². The first kappa shape index (κ1) is 13.4. The Morgan fingerprint density at radius 3 is 2.41 bits per heavy atom. The Kier molecular flexibility index (Phi) is 5.30. The summed E-state index contributed by atoms with van der Waals surface area (Å²) >= 11 is 0. The first-order valence-corrected chi connectivity index (χ1v) is 7.80. The molecule has 0 heterocycles. The minimum atomic E-state index is 0.735. The van der Waals surface area contributed by atoms with Gasteiger partial charge in [0.1, 0.15) is 0 Å². The van der Waals surface area contributed by atoms with Gasteiger partial charge >= 0.3 is 0 Å². The summed E-state index contributed by atoms with van der Waals surface area (Å²) < 4.78 is 0. The minimum Gasteiger partial charge on any atom is -0.313 e. The lowest BCUT2D eigenvalue weighted by molar-refractivity contribution is 0.218. The maximum atomic E-state index is 3.74. The van der Waals surface area contributed by atoms with E-state index in [4.69, 9.17) is 0 Å². The second-order valence-corrected chi connectivity index (χ2v) is 6.07. The van der Waals surface area contributed by atoms with Crippen LogP contribution in [0, 0.1) is 5.92 Å². The van der Waals surface area contributed by atoms with Gasteiger partial charge in [0.25, 0.3) is 0 Å². The van der Waals surface area contributed by atoms with Crippen LogP contribution in [0.15, 0.2) is 0 Å². The van der Waals surface area contributed by atoms with Crippen molar-refractivity contribution in [2.45, 2.75) is 70.9 Å². The van der Waals surface area contributed by atoms with Crippen molar-refractivity contribution >= 4 is 0 Å². The van der Waals surface area contributed by atoms with Crippen LogP contribution in [0.3, 0.4) is 0 Å². The smallest absolute Gasteiger partial charge is 0.0195 e. The molecule has 2 rings (SSSR count). The van der Waals surface area contributed by atoms with E-state index >= 15 is 0 Å². The molecule has 2 fully saturated rings. The van der Waals surface area contributed by atoms with Gasteiger partial charge in [-0.15, -0.1) is 0 Å². The van der Waals surface area contributed by atoms with Crippen LogP contribution < -0.4 is 5.32 Å². The van der Waals surface area contributed by atoms with Crippen molar-refractivity contribution in [3.8, 4) is 0 Å². The Labute approximate surface area is 107 Å². The molecule has 0 spiro atoms. The normalized spacial score (nSPS) is 22.1. The van der Waals surface area contributed by atoms with Gasteiger partial charge in [-0.3, -0.25) is 4.90 Å². The highest BCUT2D eigenvalue weighted by molar-refractivity contribution is 4.90. The summed E-state index contributed by atoms with van der Waals surface area (Å²) in [6.45, 7) is 8.45. The Bertz CT molecular complexity index is 209. The van der Waals surface area contributed by atoms with Crippen LogP contribution in [0.1, 0.15) is 58.8 Å². The lowest BCUT2D eigenvalue weighted by atomic mass is 10.1. The van der Waals surface area contributed by atoms with Crippen molar-refractivity contribution in [3.63, 3.8) is 0 Å². The van der Waals surface area contributed by atoms with Gasteiger partial charge in [-0.2, -0.15) is 0 Å². The molecular formula is C15H30N2. The van der Waals surface area contributed by atoms with Crippen LogP contribution in [0.2, 0.25) is 0 Å². The third-order valence-corrected chi connectivity index (χ3v) is 4.03. The van der Waals surface area contributed by atoms with Gasteiger partial charge < -0.3 is 5.32 Å². The van der Waals surface area contributed by atoms with Crippen molar-refractivity contribution in [2.24, 2.45) is 5.92 Å². The maximum absolute atomic E-state index is 3.74. The molecule has 2 heteroatoms. The number of hydrogen-bond acceptors (Lipinski definition) is 2. The van der Waals surface area contributed by atoms with E-state index in [1.54, 1.807) is 0 Å². The number of nitrogens with zero attached hydrogens (tertiary/aromatic N) is 1.